The molecule has 1 amide bonds. The second-order valence-corrected chi connectivity index (χ2v) is 4.86. The molecule has 2 rings (SSSR count). The molecule has 0 atom stereocenters. The summed E-state index contributed by atoms with van der Waals surface area (Å²) in [5.41, 5.74) is 0.414. The van der Waals surface area contributed by atoms with Crippen LogP contribution in [0.3, 0.4) is 0 Å². The maximum absolute atomic E-state index is 13.5. The fourth-order valence-corrected chi connectivity index (χ4v) is 1.87. The first kappa shape index (κ1) is 15.9. The van der Waals surface area contributed by atoms with E-state index in [1.165, 1.54) is 24.5 Å². The summed E-state index contributed by atoms with van der Waals surface area (Å²) in [6.07, 6.45) is 6.19. The van der Waals surface area contributed by atoms with Gasteiger partial charge in [0.15, 0.2) is 0 Å². The summed E-state index contributed by atoms with van der Waals surface area (Å²) in [6, 6.07) is 6.00. The zero-order chi connectivity index (χ0) is 15.8. The number of amides is 1. The van der Waals surface area contributed by atoms with Crippen LogP contribution in [-0.4, -0.2) is 22.4 Å². The van der Waals surface area contributed by atoms with Gasteiger partial charge in [0.1, 0.15) is 5.82 Å². The quantitative estimate of drug-likeness (QED) is 0.769. The van der Waals surface area contributed by atoms with Crippen molar-refractivity contribution in [3.63, 3.8) is 0 Å². The number of anilines is 2. The maximum atomic E-state index is 13.5. The molecule has 1 heterocycles. The molecule has 0 aliphatic carbocycles. The van der Waals surface area contributed by atoms with Crippen LogP contribution < -0.4 is 10.6 Å². The number of rotatable bonds is 7. The summed E-state index contributed by atoms with van der Waals surface area (Å²) in [7, 11) is 0. The van der Waals surface area contributed by atoms with E-state index in [0.717, 1.165) is 25.8 Å². The lowest BCUT2D eigenvalue weighted by Crippen LogP contribution is -2.14. The Morgan fingerprint density at radius 3 is 2.59 bits per heavy atom. The number of aromatic nitrogens is 2. The Kier molecular flexibility index (Phi) is 5.82. The molecule has 0 saturated heterocycles. The first-order valence-electron chi connectivity index (χ1n) is 7.32. The van der Waals surface area contributed by atoms with E-state index in [1.807, 2.05) is 0 Å². The molecule has 6 heteroatoms. The van der Waals surface area contributed by atoms with Gasteiger partial charge < -0.3 is 10.6 Å². The minimum absolute atomic E-state index is 0.134. The van der Waals surface area contributed by atoms with Crippen LogP contribution >= 0.6 is 0 Å². The van der Waals surface area contributed by atoms with E-state index >= 15 is 0 Å². The number of unbranched alkanes of at least 4 members (excludes halogenated alkanes) is 2. The van der Waals surface area contributed by atoms with Crippen molar-refractivity contribution < 1.29 is 9.18 Å². The Labute approximate surface area is 129 Å². The number of para-hydroxylation sites is 1. The molecule has 1 aromatic heterocycles. The first-order chi connectivity index (χ1) is 10.7. The van der Waals surface area contributed by atoms with Crippen LogP contribution in [0, 0.1) is 5.82 Å². The second-order valence-electron chi connectivity index (χ2n) is 4.86. The van der Waals surface area contributed by atoms with E-state index in [-0.39, 0.29) is 11.3 Å². The zero-order valence-corrected chi connectivity index (χ0v) is 12.5. The number of carbonyl (C=O) groups excluding carboxylic acids is 1. The van der Waals surface area contributed by atoms with Crippen molar-refractivity contribution in [2.75, 3.05) is 17.2 Å². The Balaban J connectivity index is 1.92. The van der Waals surface area contributed by atoms with E-state index in [1.54, 1.807) is 12.1 Å². The lowest BCUT2D eigenvalue weighted by atomic mass is 10.2. The smallest absolute Gasteiger partial charge is 0.258 e. The Hall–Kier alpha value is -2.50. The normalized spacial score (nSPS) is 10.3. The summed E-state index contributed by atoms with van der Waals surface area (Å²) in [4.78, 5) is 20.2. The van der Waals surface area contributed by atoms with Gasteiger partial charge in [-0.25, -0.2) is 14.4 Å². The minimum atomic E-state index is -0.481. The van der Waals surface area contributed by atoms with Crippen LogP contribution in [0.25, 0.3) is 0 Å². The molecule has 1 aromatic carbocycles. The molecule has 0 radical (unpaired) electrons. The molecule has 0 unspecified atom stereocenters. The van der Waals surface area contributed by atoms with Gasteiger partial charge in [-0.05, 0) is 18.6 Å². The highest BCUT2D eigenvalue weighted by molar-refractivity contribution is 6.03. The third kappa shape index (κ3) is 4.51. The van der Waals surface area contributed by atoms with Gasteiger partial charge in [0.05, 0.1) is 11.3 Å². The van der Waals surface area contributed by atoms with Crippen molar-refractivity contribution in [1.82, 2.24) is 9.97 Å². The molecule has 5 nitrogen and oxygen atoms in total. The third-order valence-electron chi connectivity index (χ3n) is 3.10. The highest BCUT2D eigenvalue weighted by Crippen LogP contribution is 2.13. The van der Waals surface area contributed by atoms with Crippen LogP contribution in [0.5, 0.6) is 0 Å². The molecule has 0 aliphatic heterocycles. The zero-order valence-electron chi connectivity index (χ0n) is 12.5. The number of hydrogen-bond donors (Lipinski definition) is 2. The average molecular weight is 302 g/mol. The fraction of sp³-hybridized carbons (Fsp3) is 0.312. The minimum Gasteiger partial charge on any atom is -0.354 e. The lowest BCUT2D eigenvalue weighted by Gasteiger charge is -2.07. The van der Waals surface area contributed by atoms with Crippen LogP contribution in [-0.2, 0) is 0 Å². The van der Waals surface area contributed by atoms with Gasteiger partial charge in [-0.3, -0.25) is 4.79 Å². The van der Waals surface area contributed by atoms with Crippen molar-refractivity contribution in [2.45, 2.75) is 26.2 Å². The van der Waals surface area contributed by atoms with Gasteiger partial charge in [0.2, 0.25) is 5.95 Å². The first-order valence-corrected chi connectivity index (χ1v) is 7.32. The number of halogens is 1. The van der Waals surface area contributed by atoms with Crippen LogP contribution in [0.1, 0.15) is 36.5 Å². The Morgan fingerprint density at radius 2 is 1.91 bits per heavy atom. The van der Waals surface area contributed by atoms with Gasteiger partial charge >= 0.3 is 0 Å². The predicted molar refractivity (Wildman–Crippen MR) is 84.4 cm³/mol. The van der Waals surface area contributed by atoms with Gasteiger partial charge in [0.25, 0.3) is 5.91 Å². The predicted octanol–water partition coefficient (Wildman–Crippen LogP) is 3.47. The van der Waals surface area contributed by atoms with Crippen molar-refractivity contribution in [1.29, 1.82) is 0 Å². The van der Waals surface area contributed by atoms with E-state index in [4.69, 9.17) is 0 Å². The van der Waals surface area contributed by atoms with Crippen LogP contribution in [0.15, 0.2) is 36.7 Å². The third-order valence-corrected chi connectivity index (χ3v) is 3.10. The van der Waals surface area contributed by atoms with E-state index < -0.39 is 11.7 Å². The summed E-state index contributed by atoms with van der Waals surface area (Å²) in [6.45, 7) is 2.94. The highest BCUT2D eigenvalue weighted by Gasteiger charge is 2.10. The van der Waals surface area contributed by atoms with Crippen molar-refractivity contribution in [2.24, 2.45) is 0 Å². The summed E-state index contributed by atoms with van der Waals surface area (Å²) in [5.74, 6) is -0.438. The number of carbonyl (C=O) groups is 1. The molecule has 116 valence electrons. The molecule has 22 heavy (non-hydrogen) atoms. The number of hydrogen-bond acceptors (Lipinski definition) is 4. The number of benzene rings is 1. The van der Waals surface area contributed by atoms with Crippen LogP contribution in [0.2, 0.25) is 0 Å². The molecule has 0 spiro atoms. The molecule has 2 N–H and O–H groups in total. The second kappa shape index (κ2) is 8.07. The molecule has 0 saturated carbocycles. The van der Waals surface area contributed by atoms with Crippen molar-refractivity contribution >= 4 is 17.5 Å². The summed E-state index contributed by atoms with van der Waals surface area (Å²) < 4.78 is 13.5. The highest BCUT2D eigenvalue weighted by atomic mass is 19.1. The van der Waals surface area contributed by atoms with E-state index in [9.17, 15) is 9.18 Å². The van der Waals surface area contributed by atoms with Crippen LogP contribution in [0.4, 0.5) is 16.0 Å². The Bertz CT molecular complexity index is 616. The largest absolute Gasteiger partial charge is 0.354 e. The lowest BCUT2D eigenvalue weighted by molar-refractivity contribution is 0.102. The van der Waals surface area contributed by atoms with Gasteiger partial charge in [0, 0.05) is 18.9 Å². The van der Waals surface area contributed by atoms with Crippen molar-refractivity contribution in [3.8, 4) is 0 Å². The van der Waals surface area contributed by atoms with Gasteiger partial charge in [-0.2, -0.15) is 0 Å². The summed E-state index contributed by atoms with van der Waals surface area (Å²) in [5, 5.41) is 5.58. The number of nitrogens with one attached hydrogen (secondary N) is 2. The molecular weight excluding hydrogens is 283 g/mol. The summed E-state index contributed by atoms with van der Waals surface area (Å²) >= 11 is 0. The average Bonchev–Trinajstić information content (AvgIpc) is 2.54. The van der Waals surface area contributed by atoms with Crippen molar-refractivity contribution in [3.05, 3.63) is 48.0 Å². The standard InChI is InChI=1S/C16H19FN4O/c1-2-3-6-9-18-16-19-10-12(11-20-16)15(22)21-14-8-5-4-7-13(14)17/h4-5,7-8,10-11H,2-3,6,9H2,1H3,(H,21,22)(H,18,19,20). The fourth-order valence-electron chi connectivity index (χ4n) is 1.87. The Morgan fingerprint density at radius 1 is 1.18 bits per heavy atom. The topological polar surface area (TPSA) is 66.9 Å². The van der Waals surface area contributed by atoms with E-state index in [2.05, 4.69) is 27.5 Å². The van der Waals surface area contributed by atoms with E-state index in [0.29, 0.717) is 5.95 Å². The molecule has 0 aliphatic rings. The maximum Gasteiger partial charge on any atom is 0.258 e. The van der Waals surface area contributed by atoms with Gasteiger partial charge in [-0.1, -0.05) is 31.9 Å². The molecule has 2 aromatic rings. The molecular formula is C16H19FN4O. The monoisotopic (exact) mass is 302 g/mol. The molecule has 0 fully saturated rings. The number of nitrogens with zero attached hydrogens (tertiary/aromatic N) is 2. The van der Waals surface area contributed by atoms with Gasteiger partial charge in [-0.15, -0.1) is 0 Å². The molecule has 0 bridgehead atoms. The SMILES string of the molecule is CCCCCNc1ncc(C(=O)Nc2ccccc2F)cn1.